The van der Waals surface area contributed by atoms with Crippen molar-refractivity contribution in [2.24, 2.45) is 0 Å². The Labute approximate surface area is 143 Å². The second-order valence-corrected chi connectivity index (χ2v) is 5.71. The number of aryl methyl sites for hydroxylation is 1. The molecule has 0 amide bonds. The lowest BCUT2D eigenvalue weighted by Crippen LogP contribution is -2.02. The highest BCUT2D eigenvalue weighted by molar-refractivity contribution is 5.90. The van der Waals surface area contributed by atoms with Gasteiger partial charge in [0.2, 0.25) is 0 Å². The molecule has 0 aromatic heterocycles. The molecule has 0 bridgehead atoms. The van der Waals surface area contributed by atoms with Crippen LogP contribution in [0.3, 0.4) is 0 Å². The predicted molar refractivity (Wildman–Crippen MR) is 97.6 cm³/mol. The minimum atomic E-state index is -0.978. The van der Waals surface area contributed by atoms with E-state index < -0.39 is 5.97 Å². The Bertz CT molecular complexity index is 672. The SMILES string of the molecule is CCCCCc1ccc(C=CCOc2ccccc2C(=O)O)cc1. The molecule has 0 aliphatic rings. The fourth-order valence-corrected chi connectivity index (χ4v) is 2.47. The number of benzene rings is 2. The van der Waals surface area contributed by atoms with Crippen LogP contribution in [0.1, 0.15) is 47.7 Å². The van der Waals surface area contributed by atoms with Crippen LogP contribution in [-0.2, 0) is 6.42 Å². The summed E-state index contributed by atoms with van der Waals surface area (Å²) in [5, 5.41) is 9.11. The van der Waals surface area contributed by atoms with Gasteiger partial charge in [-0.05, 0) is 42.2 Å². The predicted octanol–water partition coefficient (Wildman–Crippen LogP) is 5.21. The molecule has 0 heterocycles. The fraction of sp³-hybridized carbons (Fsp3) is 0.286. The summed E-state index contributed by atoms with van der Waals surface area (Å²) >= 11 is 0. The third kappa shape index (κ3) is 5.58. The summed E-state index contributed by atoms with van der Waals surface area (Å²) in [4.78, 5) is 11.1. The number of carbonyl (C=O) groups is 1. The van der Waals surface area contributed by atoms with Gasteiger partial charge in [-0.2, -0.15) is 0 Å². The summed E-state index contributed by atoms with van der Waals surface area (Å²) in [5.74, 6) is -0.589. The number of hydrogen-bond acceptors (Lipinski definition) is 2. The zero-order valence-corrected chi connectivity index (χ0v) is 14.1. The minimum absolute atomic E-state index is 0.183. The molecule has 1 N–H and O–H groups in total. The van der Waals surface area contributed by atoms with Gasteiger partial charge in [-0.25, -0.2) is 4.79 Å². The normalized spacial score (nSPS) is 10.9. The smallest absolute Gasteiger partial charge is 0.339 e. The Kier molecular flexibility index (Phi) is 7.09. The highest BCUT2D eigenvalue weighted by Crippen LogP contribution is 2.18. The first-order chi connectivity index (χ1) is 11.7. The van der Waals surface area contributed by atoms with E-state index in [1.807, 2.05) is 12.2 Å². The van der Waals surface area contributed by atoms with Gasteiger partial charge in [-0.15, -0.1) is 0 Å². The molecule has 0 atom stereocenters. The molecule has 3 nitrogen and oxygen atoms in total. The van der Waals surface area contributed by atoms with Gasteiger partial charge in [0, 0.05) is 0 Å². The number of para-hydroxylation sites is 1. The van der Waals surface area contributed by atoms with E-state index >= 15 is 0 Å². The lowest BCUT2D eigenvalue weighted by atomic mass is 10.1. The van der Waals surface area contributed by atoms with Crippen molar-refractivity contribution in [1.82, 2.24) is 0 Å². The summed E-state index contributed by atoms with van der Waals surface area (Å²) in [6.07, 6.45) is 8.77. The van der Waals surface area contributed by atoms with Crippen LogP contribution in [-0.4, -0.2) is 17.7 Å². The molecule has 0 radical (unpaired) electrons. The van der Waals surface area contributed by atoms with Crippen LogP contribution in [0.25, 0.3) is 6.08 Å². The first kappa shape index (κ1) is 17.8. The summed E-state index contributed by atoms with van der Waals surface area (Å²) < 4.78 is 5.54. The Balaban J connectivity index is 1.85. The molecule has 2 aromatic carbocycles. The van der Waals surface area contributed by atoms with Crippen LogP contribution >= 0.6 is 0 Å². The fourth-order valence-electron chi connectivity index (χ4n) is 2.47. The lowest BCUT2D eigenvalue weighted by Gasteiger charge is -2.06. The second-order valence-electron chi connectivity index (χ2n) is 5.71. The first-order valence-electron chi connectivity index (χ1n) is 8.41. The van der Waals surface area contributed by atoms with Crippen molar-refractivity contribution < 1.29 is 14.6 Å². The molecule has 3 heteroatoms. The summed E-state index contributed by atoms with van der Waals surface area (Å²) in [6, 6.07) is 15.2. The van der Waals surface area contributed by atoms with Crippen molar-refractivity contribution >= 4 is 12.0 Å². The molecule has 2 rings (SSSR count). The van der Waals surface area contributed by atoms with E-state index in [-0.39, 0.29) is 5.56 Å². The number of carboxylic acid groups (broad SMARTS) is 1. The molecule has 0 spiro atoms. The van der Waals surface area contributed by atoms with Crippen molar-refractivity contribution in [3.8, 4) is 5.75 Å². The summed E-state index contributed by atoms with van der Waals surface area (Å²) in [7, 11) is 0. The maximum absolute atomic E-state index is 11.1. The lowest BCUT2D eigenvalue weighted by molar-refractivity contribution is 0.0693. The molecule has 0 saturated heterocycles. The molecular formula is C21H24O3. The van der Waals surface area contributed by atoms with E-state index in [1.54, 1.807) is 24.3 Å². The molecule has 0 saturated carbocycles. The van der Waals surface area contributed by atoms with Crippen molar-refractivity contribution in [3.05, 3.63) is 71.3 Å². The maximum Gasteiger partial charge on any atom is 0.339 e. The third-order valence-electron chi connectivity index (χ3n) is 3.81. The standard InChI is InChI=1S/C21H24O3/c1-2-3-4-8-17-12-14-18(15-13-17)9-7-16-24-20-11-6-5-10-19(20)21(22)23/h5-7,9-15H,2-4,8,16H2,1H3,(H,22,23). The van der Waals surface area contributed by atoms with E-state index in [1.165, 1.54) is 24.8 Å². The average Bonchev–Trinajstić information content (AvgIpc) is 2.60. The van der Waals surface area contributed by atoms with Gasteiger partial charge in [0.15, 0.2) is 0 Å². The van der Waals surface area contributed by atoms with Crippen molar-refractivity contribution in [3.63, 3.8) is 0 Å². The molecule has 0 unspecified atom stereocenters. The van der Waals surface area contributed by atoms with E-state index in [2.05, 4.69) is 31.2 Å². The van der Waals surface area contributed by atoms with Crippen molar-refractivity contribution in [2.75, 3.05) is 6.61 Å². The van der Waals surface area contributed by atoms with Crippen molar-refractivity contribution in [1.29, 1.82) is 0 Å². The zero-order valence-electron chi connectivity index (χ0n) is 14.1. The average molecular weight is 324 g/mol. The van der Waals surface area contributed by atoms with Gasteiger partial charge in [-0.1, -0.05) is 62.2 Å². The van der Waals surface area contributed by atoms with Gasteiger partial charge in [0.25, 0.3) is 0 Å². The number of unbranched alkanes of at least 4 members (excludes halogenated alkanes) is 2. The van der Waals surface area contributed by atoms with Gasteiger partial charge in [0.05, 0.1) is 0 Å². The highest BCUT2D eigenvalue weighted by atomic mass is 16.5. The van der Waals surface area contributed by atoms with Crippen LogP contribution in [0, 0.1) is 0 Å². The van der Waals surface area contributed by atoms with Crippen LogP contribution in [0.4, 0.5) is 0 Å². The summed E-state index contributed by atoms with van der Waals surface area (Å²) in [5.41, 5.74) is 2.67. The Morgan fingerprint density at radius 3 is 2.54 bits per heavy atom. The quantitative estimate of drug-likeness (QED) is 0.644. The number of hydrogen-bond donors (Lipinski definition) is 1. The van der Waals surface area contributed by atoms with Gasteiger partial charge in [-0.3, -0.25) is 0 Å². The highest BCUT2D eigenvalue weighted by Gasteiger charge is 2.08. The molecule has 0 fully saturated rings. The van der Waals surface area contributed by atoms with Gasteiger partial charge >= 0.3 is 5.97 Å². The van der Waals surface area contributed by atoms with Crippen LogP contribution in [0.5, 0.6) is 5.75 Å². The third-order valence-corrected chi connectivity index (χ3v) is 3.81. The monoisotopic (exact) mass is 324 g/mol. The largest absolute Gasteiger partial charge is 0.489 e. The number of aromatic carboxylic acids is 1. The van der Waals surface area contributed by atoms with E-state index in [4.69, 9.17) is 9.84 Å². The summed E-state index contributed by atoms with van der Waals surface area (Å²) in [6.45, 7) is 2.55. The first-order valence-corrected chi connectivity index (χ1v) is 8.41. The van der Waals surface area contributed by atoms with E-state index in [0.717, 1.165) is 12.0 Å². The number of ether oxygens (including phenoxy) is 1. The zero-order chi connectivity index (χ0) is 17.2. The molecule has 24 heavy (non-hydrogen) atoms. The van der Waals surface area contributed by atoms with Gasteiger partial charge < -0.3 is 9.84 Å². The second kappa shape index (κ2) is 9.56. The number of carboxylic acids is 1. The molecule has 0 aliphatic carbocycles. The van der Waals surface area contributed by atoms with E-state index in [0.29, 0.717) is 12.4 Å². The minimum Gasteiger partial charge on any atom is -0.489 e. The topological polar surface area (TPSA) is 46.5 Å². The molecule has 126 valence electrons. The van der Waals surface area contributed by atoms with Crippen LogP contribution in [0.15, 0.2) is 54.6 Å². The molecular weight excluding hydrogens is 300 g/mol. The Morgan fingerprint density at radius 2 is 1.83 bits per heavy atom. The Hall–Kier alpha value is -2.55. The van der Waals surface area contributed by atoms with Crippen LogP contribution < -0.4 is 4.74 Å². The Morgan fingerprint density at radius 1 is 1.08 bits per heavy atom. The van der Waals surface area contributed by atoms with Gasteiger partial charge in [0.1, 0.15) is 17.9 Å². The van der Waals surface area contributed by atoms with Crippen LogP contribution in [0.2, 0.25) is 0 Å². The number of rotatable bonds is 9. The molecule has 0 aliphatic heterocycles. The maximum atomic E-state index is 11.1. The van der Waals surface area contributed by atoms with E-state index in [9.17, 15) is 4.79 Å². The van der Waals surface area contributed by atoms with Crippen molar-refractivity contribution in [2.45, 2.75) is 32.6 Å². The molecule has 2 aromatic rings.